The molecule has 3 rings (SSSR count). The Labute approximate surface area is 107 Å². The molecule has 92 valence electrons. The third-order valence-electron chi connectivity index (χ3n) is 2.53. The molecule has 0 spiro atoms. The van der Waals surface area contributed by atoms with Crippen LogP contribution in [0.4, 0.5) is 0 Å². The minimum atomic E-state index is -1.03. The highest BCUT2D eigenvalue weighted by molar-refractivity contribution is 7.09. The molecule has 0 bridgehead atoms. The molecule has 1 aliphatic rings. The molecule has 0 saturated heterocycles. The number of benzene rings is 1. The number of rotatable bonds is 2. The van der Waals surface area contributed by atoms with Gasteiger partial charge in [0.15, 0.2) is 23.3 Å². The van der Waals surface area contributed by atoms with Gasteiger partial charge >= 0.3 is 5.97 Å². The normalized spacial score (nSPS) is 17.4. The second kappa shape index (κ2) is 4.30. The molecule has 0 saturated carbocycles. The molecule has 5 nitrogen and oxygen atoms in total. The first-order valence-corrected chi connectivity index (χ1v) is 6.19. The number of aromatic carboxylic acids is 1. The molecule has 1 N–H and O–H groups in total. The first kappa shape index (κ1) is 11.0. The number of carboxylic acids is 1. The Balaban J connectivity index is 1.85. The summed E-state index contributed by atoms with van der Waals surface area (Å²) in [7, 11) is 0. The van der Waals surface area contributed by atoms with Crippen molar-refractivity contribution >= 4 is 17.3 Å². The Kier molecular flexibility index (Phi) is 2.64. The van der Waals surface area contributed by atoms with Crippen LogP contribution in [-0.2, 0) is 0 Å². The van der Waals surface area contributed by atoms with Crippen LogP contribution in [0.3, 0.4) is 0 Å². The number of carbonyl (C=O) groups is 1. The Morgan fingerprint density at radius 3 is 2.89 bits per heavy atom. The summed E-state index contributed by atoms with van der Waals surface area (Å²) in [5, 5.41) is 10.9. The average molecular weight is 263 g/mol. The van der Waals surface area contributed by atoms with Gasteiger partial charge in [-0.15, -0.1) is 11.3 Å². The zero-order valence-corrected chi connectivity index (χ0v) is 10.0. The maximum absolute atomic E-state index is 10.8. The van der Waals surface area contributed by atoms with Gasteiger partial charge in [-0.1, -0.05) is 12.1 Å². The molecule has 6 heteroatoms. The second-order valence-corrected chi connectivity index (χ2v) is 4.63. The van der Waals surface area contributed by atoms with Crippen molar-refractivity contribution in [2.45, 2.75) is 6.10 Å². The maximum Gasteiger partial charge on any atom is 0.355 e. The van der Waals surface area contributed by atoms with Crippen molar-refractivity contribution in [3.05, 3.63) is 40.3 Å². The van der Waals surface area contributed by atoms with E-state index in [1.54, 1.807) is 0 Å². The van der Waals surface area contributed by atoms with E-state index in [0.29, 0.717) is 23.1 Å². The molecule has 2 aromatic rings. The Morgan fingerprint density at radius 2 is 2.17 bits per heavy atom. The fourth-order valence-electron chi connectivity index (χ4n) is 1.67. The molecule has 1 aromatic heterocycles. The highest BCUT2D eigenvalue weighted by atomic mass is 32.1. The van der Waals surface area contributed by atoms with Crippen LogP contribution in [0, 0.1) is 0 Å². The molecule has 18 heavy (non-hydrogen) atoms. The predicted octanol–water partition coefficient (Wildman–Crippen LogP) is 2.35. The van der Waals surface area contributed by atoms with Crippen molar-refractivity contribution in [1.82, 2.24) is 4.98 Å². The number of fused-ring (bicyclic) bond motifs is 1. The average Bonchev–Trinajstić information content (AvgIpc) is 2.88. The van der Waals surface area contributed by atoms with Crippen LogP contribution < -0.4 is 9.47 Å². The number of para-hydroxylation sites is 2. The third kappa shape index (κ3) is 1.91. The van der Waals surface area contributed by atoms with E-state index in [1.807, 2.05) is 24.3 Å². The number of carboxylic acid groups (broad SMARTS) is 1. The molecule has 0 amide bonds. The van der Waals surface area contributed by atoms with E-state index in [-0.39, 0.29) is 11.8 Å². The number of thiazole rings is 1. The Bertz CT molecular complexity index is 595. The smallest absolute Gasteiger partial charge is 0.355 e. The molecule has 1 unspecified atom stereocenters. The van der Waals surface area contributed by atoms with Gasteiger partial charge in [-0.05, 0) is 12.1 Å². The summed E-state index contributed by atoms with van der Waals surface area (Å²) < 4.78 is 11.3. The Morgan fingerprint density at radius 1 is 1.39 bits per heavy atom. The summed E-state index contributed by atoms with van der Waals surface area (Å²) >= 11 is 1.26. The quantitative estimate of drug-likeness (QED) is 0.900. The predicted molar refractivity (Wildman–Crippen MR) is 64.4 cm³/mol. The molecule has 1 atom stereocenters. The zero-order chi connectivity index (χ0) is 12.5. The van der Waals surface area contributed by atoms with Crippen LogP contribution in [-0.4, -0.2) is 22.7 Å². The van der Waals surface area contributed by atoms with Crippen molar-refractivity contribution in [2.24, 2.45) is 0 Å². The van der Waals surface area contributed by atoms with E-state index < -0.39 is 5.97 Å². The van der Waals surface area contributed by atoms with Gasteiger partial charge in [0.25, 0.3) is 0 Å². The lowest BCUT2D eigenvalue weighted by Gasteiger charge is -2.24. The first-order valence-electron chi connectivity index (χ1n) is 5.31. The van der Waals surface area contributed by atoms with Crippen LogP contribution in [0.1, 0.15) is 21.6 Å². The van der Waals surface area contributed by atoms with Crippen molar-refractivity contribution < 1.29 is 19.4 Å². The minimum Gasteiger partial charge on any atom is -0.485 e. The summed E-state index contributed by atoms with van der Waals surface area (Å²) in [5.74, 6) is 0.319. The van der Waals surface area contributed by atoms with Gasteiger partial charge in [0, 0.05) is 5.38 Å². The van der Waals surface area contributed by atoms with Crippen LogP contribution in [0.15, 0.2) is 29.6 Å². The number of aromatic nitrogens is 1. The minimum absolute atomic E-state index is 0.0393. The highest BCUT2D eigenvalue weighted by Crippen LogP contribution is 2.36. The van der Waals surface area contributed by atoms with Crippen LogP contribution >= 0.6 is 11.3 Å². The molecular formula is C12H9NO4S. The fraction of sp³-hybridized carbons (Fsp3) is 0.167. The summed E-state index contributed by atoms with van der Waals surface area (Å²) in [6, 6.07) is 7.37. The molecular weight excluding hydrogens is 254 g/mol. The topological polar surface area (TPSA) is 68.7 Å². The molecule has 0 fully saturated rings. The largest absolute Gasteiger partial charge is 0.485 e. The Hall–Kier alpha value is -2.08. The van der Waals surface area contributed by atoms with Crippen LogP contribution in [0.5, 0.6) is 11.5 Å². The number of hydrogen-bond acceptors (Lipinski definition) is 5. The van der Waals surface area contributed by atoms with Crippen molar-refractivity contribution in [2.75, 3.05) is 6.61 Å². The fourth-order valence-corrected chi connectivity index (χ4v) is 2.48. The van der Waals surface area contributed by atoms with E-state index in [2.05, 4.69) is 4.98 Å². The van der Waals surface area contributed by atoms with Crippen molar-refractivity contribution in [3.63, 3.8) is 0 Å². The number of nitrogens with zero attached hydrogens (tertiary/aromatic N) is 1. The molecule has 0 radical (unpaired) electrons. The summed E-state index contributed by atoms with van der Waals surface area (Å²) in [6.45, 7) is 0.337. The van der Waals surface area contributed by atoms with E-state index in [4.69, 9.17) is 14.6 Å². The highest BCUT2D eigenvalue weighted by Gasteiger charge is 2.25. The maximum atomic E-state index is 10.8. The van der Waals surface area contributed by atoms with Gasteiger partial charge in [0.2, 0.25) is 0 Å². The van der Waals surface area contributed by atoms with Gasteiger partial charge in [-0.25, -0.2) is 9.78 Å². The number of ether oxygens (including phenoxy) is 2. The van der Waals surface area contributed by atoms with Gasteiger partial charge in [-0.3, -0.25) is 0 Å². The van der Waals surface area contributed by atoms with E-state index in [1.165, 1.54) is 16.7 Å². The molecule has 0 aliphatic carbocycles. The van der Waals surface area contributed by atoms with Crippen molar-refractivity contribution in [3.8, 4) is 11.5 Å². The lowest BCUT2D eigenvalue weighted by atomic mass is 10.2. The summed E-state index contributed by atoms with van der Waals surface area (Å²) in [5.41, 5.74) is 0.0393. The molecule has 1 aromatic carbocycles. The summed E-state index contributed by atoms with van der Waals surface area (Å²) in [6.07, 6.45) is -0.349. The second-order valence-electron chi connectivity index (χ2n) is 3.74. The van der Waals surface area contributed by atoms with Crippen LogP contribution in [0.25, 0.3) is 0 Å². The van der Waals surface area contributed by atoms with Gasteiger partial charge < -0.3 is 14.6 Å². The monoisotopic (exact) mass is 263 g/mol. The zero-order valence-electron chi connectivity index (χ0n) is 9.20. The lowest BCUT2D eigenvalue weighted by Crippen LogP contribution is -2.21. The van der Waals surface area contributed by atoms with Gasteiger partial charge in [0.1, 0.15) is 11.6 Å². The lowest BCUT2D eigenvalue weighted by molar-refractivity contribution is 0.0688. The third-order valence-corrected chi connectivity index (χ3v) is 3.46. The van der Waals surface area contributed by atoms with Crippen LogP contribution in [0.2, 0.25) is 0 Å². The molecule has 2 heterocycles. The SMILES string of the molecule is O=C(O)c1csc(C2COc3ccccc3O2)n1. The van der Waals surface area contributed by atoms with Gasteiger partial charge in [0.05, 0.1) is 0 Å². The van der Waals surface area contributed by atoms with E-state index >= 15 is 0 Å². The van der Waals surface area contributed by atoms with Crippen molar-refractivity contribution in [1.29, 1.82) is 0 Å². The molecule has 1 aliphatic heterocycles. The number of hydrogen-bond donors (Lipinski definition) is 1. The summed E-state index contributed by atoms with van der Waals surface area (Å²) in [4.78, 5) is 14.8. The van der Waals surface area contributed by atoms with E-state index in [0.717, 1.165) is 0 Å². The standard InChI is InChI=1S/C12H9NO4S/c14-12(15)7-6-18-11(13-7)10-5-16-8-3-1-2-4-9(8)17-10/h1-4,6,10H,5H2,(H,14,15). The first-order chi connectivity index (χ1) is 8.74. The van der Waals surface area contributed by atoms with E-state index in [9.17, 15) is 4.79 Å². The van der Waals surface area contributed by atoms with Gasteiger partial charge in [-0.2, -0.15) is 0 Å².